The summed E-state index contributed by atoms with van der Waals surface area (Å²) in [5, 5.41) is 31.6. The van der Waals surface area contributed by atoms with E-state index in [4.69, 9.17) is 10.4 Å². The van der Waals surface area contributed by atoms with Crippen molar-refractivity contribution in [2.45, 2.75) is 114 Å². The van der Waals surface area contributed by atoms with Gasteiger partial charge in [-0.05, 0) is 69.6 Å². The number of likely N-dealkylation sites (tertiary alicyclic amines) is 1. The molecule has 2 unspecified atom stereocenters. The van der Waals surface area contributed by atoms with E-state index >= 15 is 0 Å². The fraction of sp³-hybridized carbons (Fsp3) is 0.880. The van der Waals surface area contributed by atoms with Crippen molar-refractivity contribution in [3.05, 3.63) is 0 Å². The Bertz CT molecular complexity index is 690. The molecule has 5 aliphatic rings. The number of carboxylic acid groups (broad SMARTS) is 1. The van der Waals surface area contributed by atoms with Gasteiger partial charge in [-0.3, -0.25) is 9.59 Å². The minimum atomic E-state index is -0.670. The topological polar surface area (TPSA) is 114 Å². The van der Waals surface area contributed by atoms with Gasteiger partial charge in [0.05, 0.1) is 18.2 Å². The van der Waals surface area contributed by atoms with Gasteiger partial charge in [-0.25, -0.2) is 0 Å². The molecule has 3 atom stereocenters. The van der Waals surface area contributed by atoms with Gasteiger partial charge in [0, 0.05) is 18.5 Å². The fourth-order valence-electron chi connectivity index (χ4n) is 6.86. The van der Waals surface area contributed by atoms with E-state index in [1.54, 1.807) is 4.90 Å². The van der Waals surface area contributed by atoms with Crippen molar-refractivity contribution >= 4 is 11.9 Å². The number of aliphatic hydroxyl groups is 1. The Labute approximate surface area is 192 Å². The Kier molecular flexibility index (Phi) is 8.57. The van der Waals surface area contributed by atoms with Crippen molar-refractivity contribution < 1.29 is 19.8 Å². The monoisotopic (exact) mass is 447 g/mol. The molecule has 1 saturated heterocycles. The average molecular weight is 448 g/mol. The quantitative estimate of drug-likeness (QED) is 0.465. The maximum Gasteiger partial charge on any atom is 0.303 e. The minimum Gasteiger partial charge on any atom is -0.481 e. The maximum absolute atomic E-state index is 12.4. The normalized spacial score (nSPS) is 34.7. The maximum atomic E-state index is 12.4. The van der Waals surface area contributed by atoms with E-state index < -0.39 is 11.6 Å². The summed E-state index contributed by atoms with van der Waals surface area (Å²) in [7, 11) is 0. The van der Waals surface area contributed by atoms with Crippen LogP contribution in [0.4, 0.5) is 0 Å². The highest BCUT2D eigenvalue weighted by molar-refractivity contribution is 5.79. The van der Waals surface area contributed by atoms with Crippen molar-refractivity contribution in [2.24, 2.45) is 11.8 Å². The highest BCUT2D eigenvalue weighted by Gasteiger charge is 2.57. The number of unbranched alkanes of at least 4 members (excludes halogenated alkanes) is 4. The molecule has 0 aromatic heterocycles. The molecular formula is C25H41N3O4. The molecule has 0 aromatic rings. The van der Waals surface area contributed by atoms with Crippen LogP contribution < -0.4 is 5.32 Å². The number of nitriles is 1. The number of carboxylic acids is 1. The third-order valence-corrected chi connectivity index (χ3v) is 7.86. The molecule has 32 heavy (non-hydrogen) atoms. The predicted octanol–water partition coefficient (Wildman–Crippen LogP) is 3.61. The van der Waals surface area contributed by atoms with Crippen molar-refractivity contribution in [2.75, 3.05) is 13.1 Å². The molecule has 1 heterocycles. The standard InChI is InChI=1S/C17H25N3O2.C8H16O2/c18-9-14-2-1-3-20(14)15(21)10-19-16-5-12-4-13(6-16)8-17(22,7-12)11-16;1-2-3-4-5-6-7-8(9)10/h12-14,19,22H,1-8,10-11H2;2-7H2,1H3,(H,9,10)/t12?,13?,14-,16?,17?;/m0./s1. The molecule has 3 N–H and O–H groups in total. The summed E-state index contributed by atoms with van der Waals surface area (Å²) in [4.78, 5) is 24.2. The summed E-state index contributed by atoms with van der Waals surface area (Å²) in [6, 6.07) is 1.99. The molecule has 4 saturated carbocycles. The summed E-state index contributed by atoms with van der Waals surface area (Å²) >= 11 is 0. The van der Waals surface area contributed by atoms with Crippen LogP contribution in [0.3, 0.4) is 0 Å². The van der Waals surface area contributed by atoms with E-state index in [2.05, 4.69) is 18.3 Å². The van der Waals surface area contributed by atoms with Crippen molar-refractivity contribution in [3.63, 3.8) is 0 Å². The lowest BCUT2D eigenvalue weighted by atomic mass is 9.51. The van der Waals surface area contributed by atoms with Gasteiger partial charge in [-0.2, -0.15) is 5.26 Å². The van der Waals surface area contributed by atoms with Gasteiger partial charge in [0.2, 0.25) is 5.91 Å². The van der Waals surface area contributed by atoms with Crippen molar-refractivity contribution in [1.82, 2.24) is 10.2 Å². The van der Waals surface area contributed by atoms with Crippen LogP contribution in [0.25, 0.3) is 0 Å². The second-order valence-corrected chi connectivity index (χ2v) is 10.8. The van der Waals surface area contributed by atoms with Crippen LogP contribution in [0.15, 0.2) is 0 Å². The van der Waals surface area contributed by atoms with E-state index in [1.807, 2.05) is 0 Å². The Morgan fingerprint density at radius 2 is 1.81 bits per heavy atom. The molecule has 0 spiro atoms. The Morgan fingerprint density at radius 3 is 2.41 bits per heavy atom. The fourth-order valence-corrected chi connectivity index (χ4v) is 6.86. The third kappa shape index (κ3) is 6.45. The van der Waals surface area contributed by atoms with E-state index in [-0.39, 0.29) is 17.5 Å². The second-order valence-electron chi connectivity index (χ2n) is 10.8. The number of carbonyl (C=O) groups excluding carboxylic acids is 1. The first-order valence-corrected chi connectivity index (χ1v) is 12.7. The van der Waals surface area contributed by atoms with Crippen LogP contribution in [0.1, 0.15) is 96.8 Å². The summed E-state index contributed by atoms with van der Waals surface area (Å²) in [6.07, 6.45) is 13.8. The molecule has 0 radical (unpaired) electrons. The Hall–Kier alpha value is -1.65. The summed E-state index contributed by atoms with van der Waals surface area (Å²) in [6.45, 7) is 3.17. The Morgan fingerprint density at radius 1 is 1.12 bits per heavy atom. The molecule has 7 nitrogen and oxygen atoms in total. The molecular weight excluding hydrogens is 406 g/mol. The summed E-state index contributed by atoms with van der Waals surface area (Å²) in [5.41, 5.74) is -0.542. The van der Waals surface area contributed by atoms with Crippen LogP contribution in [-0.2, 0) is 9.59 Å². The number of nitrogens with one attached hydrogen (secondary N) is 1. The molecule has 5 fully saturated rings. The van der Waals surface area contributed by atoms with E-state index in [9.17, 15) is 14.7 Å². The lowest BCUT2D eigenvalue weighted by Crippen LogP contribution is -2.65. The van der Waals surface area contributed by atoms with Crippen LogP contribution in [0, 0.1) is 23.2 Å². The van der Waals surface area contributed by atoms with Gasteiger partial charge < -0.3 is 20.4 Å². The molecule has 1 aliphatic heterocycles. The average Bonchev–Trinajstić information content (AvgIpc) is 3.19. The van der Waals surface area contributed by atoms with E-state index in [1.165, 1.54) is 25.7 Å². The molecule has 0 aromatic carbocycles. The zero-order valence-electron chi connectivity index (χ0n) is 19.7. The number of hydrogen-bond acceptors (Lipinski definition) is 5. The SMILES string of the molecule is CCCCCCCC(=O)O.N#C[C@@H]1CCCN1C(=O)CNC12CC3CC(CC(O)(C3)C1)C2. The van der Waals surface area contributed by atoms with Gasteiger partial charge in [-0.15, -0.1) is 0 Å². The first kappa shape index (κ1) is 25.0. The highest BCUT2D eigenvalue weighted by atomic mass is 16.4. The van der Waals surface area contributed by atoms with Crippen molar-refractivity contribution in [3.8, 4) is 6.07 Å². The van der Waals surface area contributed by atoms with Crippen molar-refractivity contribution in [1.29, 1.82) is 5.26 Å². The number of amides is 1. The smallest absolute Gasteiger partial charge is 0.303 e. The number of aliphatic carboxylic acids is 1. The minimum absolute atomic E-state index is 0.0453. The van der Waals surface area contributed by atoms with Crippen LogP contribution in [0.2, 0.25) is 0 Å². The number of hydrogen-bond donors (Lipinski definition) is 3. The predicted molar refractivity (Wildman–Crippen MR) is 122 cm³/mol. The van der Waals surface area contributed by atoms with Gasteiger partial charge >= 0.3 is 5.97 Å². The molecule has 180 valence electrons. The van der Waals surface area contributed by atoms with Gasteiger partial charge in [-0.1, -0.05) is 32.6 Å². The summed E-state index contributed by atoms with van der Waals surface area (Å²) in [5.74, 6) is 0.614. The molecule has 7 heteroatoms. The van der Waals surface area contributed by atoms with Crippen LogP contribution in [-0.4, -0.2) is 57.3 Å². The summed E-state index contributed by atoms with van der Waals surface area (Å²) < 4.78 is 0. The van der Waals surface area contributed by atoms with Crippen LogP contribution >= 0.6 is 0 Å². The highest BCUT2D eigenvalue weighted by Crippen LogP contribution is 2.57. The number of carbonyl (C=O) groups is 2. The first-order valence-electron chi connectivity index (χ1n) is 12.7. The van der Waals surface area contributed by atoms with E-state index in [0.717, 1.165) is 57.8 Å². The van der Waals surface area contributed by atoms with Crippen LogP contribution in [0.5, 0.6) is 0 Å². The number of rotatable bonds is 9. The molecule has 4 aliphatic carbocycles. The lowest BCUT2D eigenvalue weighted by Gasteiger charge is -2.60. The third-order valence-electron chi connectivity index (χ3n) is 7.86. The largest absolute Gasteiger partial charge is 0.481 e. The zero-order valence-corrected chi connectivity index (χ0v) is 19.7. The molecule has 4 bridgehead atoms. The van der Waals surface area contributed by atoms with Gasteiger partial charge in [0.1, 0.15) is 6.04 Å². The van der Waals surface area contributed by atoms with Gasteiger partial charge in [0.15, 0.2) is 0 Å². The first-order chi connectivity index (χ1) is 15.3. The zero-order chi connectivity index (χ0) is 23.2. The lowest BCUT2D eigenvalue weighted by molar-refractivity contribution is -0.147. The Balaban J connectivity index is 0.000000247. The molecule has 5 rings (SSSR count). The second kappa shape index (κ2) is 11.0. The molecule has 1 amide bonds. The van der Waals surface area contributed by atoms with Gasteiger partial charge in [0.25, 0.3) is 0 Å². The van der Waals surface area contributed by atoms with E-state index in [0.29, 0.717) is 31.3 Å². The number of nitrogens with zero attached hydrogens (tertiary/aromatic N) is 2.